The Hall–Kier alpha value is -11.4. The molecule has 0 saturated carbocycles. The van der Waals surface area contributed by atoms with Crippen LogP contribution in [0.4, 0.5) is 11.4 Å². The van der Waals surface area contributed by atoms with Crippen molar-refractivity contribution in [3.05, 3.63) is 225 Å². The van der Waals surface area contributed by atoms with Crippen LogP contribution < -0.4 is 32.1 Å². The number of carbonyl (C=O) groups excluding carboxylic acids is 5. The Bertz CT molecular complexity index is 5390. The number of nitrogens with zero attached hydrogens (tertiary/aromatic N) is 8. The number of aliphatic hydroxyl groups excluding tert-OH is 4. The van der Waals surface area contributed by atoms with Gasteiger partial charge < -0.3 is 85.7 Å². The molecule has 0 radical (unpaired) electrons. The number of hydrogen-bond acceptors (Lipinski definition) is 28. The van der Waals surface area contributed by atoms with Gasteiger partial charge in [0.15, 0.2) is 61.7 Å². The van der Waals surface area contributed by atoms with E-state index in [1.807, 2.05) is 39.2 Å². The number of methoxy groups -OCH3 is 2. The number of quaternary nitrogens is 1. The van der Waals surface area contributed by atoms with E-state index in [0.29, 0.717) is 125 Å². The second kappa shape index (κ2) is 39.8. The molecule has 34 heteroatoms. The molecule has 1 aromatic heterocycles. The third kappa shape index (κ3) is 22.9. The smallest absolute Gasteiger partial charge is 0.493 e. The topological polar surface area (TPSA) is 398 Å². The molecular weight excluding hydrogens is 1630 g/mol. The Kier molecular flexibility index (Phi) is 28.9. The summed E-state index contributed by atoms with van der Waals surface area (Å²) in [6.07, 6.45) is -1.55. The van der Waals surface area contributed by atoms with Crippen LogP contribution in [0, 0.1) is 6.92 Å². The molecule has 8 aromatic rings. The first-order valence-electron chi connectivity index (χ1n) is 40.1. The monoisotopic (exact) mass is 1730 g/mol. The largest absolute Gasteiger partial charge is 0.501 e. The number of aryl methyl sites for hydroxylation is 1. The van der Waals surface area contributed by atoms with E-state index in [-0.39, 0.29) is 129 Å². The Morgan fingerprint density at radius 2 is 1.10 bits per heavy atom. The number of aliphatic imine (C=N–C) groups is 2. The van der Waals surface area contributed by atoms with Gasteiger partial charge in [0, 0.05) is 97.9 Å². The molecule has 2 amide bonds. The van der Waals surface area contributed by atoms with Gasteiger partial charge in [0.1, 0.15) is 62.2 Å². The number of Topliss-reactive ketones (excluding diaryl/α,β-unsaturated/α-hetero) is 3. The predicted octanol–water partition coefficient (Wildman–Crippen LogP) is 9.32. The molecule has 3 fully saturated rings. The number of aromatic nitrogens is 3. The minimum Gasteiger partial charge on any atom is -0.493 e. The fraction of sp³-hybridized carbons (Fsp3) is 0.382. The molecule has 1 unspecified atom stereocenters. The van der Waals surface area contributed by atoms with Crippen molar-refractivity contribution in [1.29, 1.82) is 0 Å². The van der Waals surface area contributed by atoms with E-state index >= 15 is 0 Å². The van der Waals surface area contributed by atoms with Gasteiger partial charge >= 0.3 is 10.4 Å². The highest BCUT2D eigenvalue weighted by Gasteiger charge is 2.46. The highest BCUT2D eigenvalue weighted by atomic mass is 32.3. The highest BCUT2D eigenvalue weighted by molar-refractivity contribution is 7.91. The Morgan fingerprint density at radius 3 is 1.67 bits per heavy atom. The Labute approximate surface area is 712 Å². The second-order valence-corrected chi connectivity index (χ2v) is 34.6. The maximum absolute atomic E-state index is 14.0. The van der Waals surface area contributed by atoms with Crippen molar-refractivity contribution in [2.45, 2.75) is 139 Å². The molecule has 0 spiro atoms. The van der Waals surface area contributed by atoms with E-state index in [2.05, 4.69) is 23.5 Å². The first kappa shape index (κ1) is 89.3. The predicted molar refractivity (Wildman–Crippen MR) is 449 cm³/mol. The van der Waals surface area contributed by atoms with E-state index in [4.69, 9.17) is 61.0 Å². The minimum absolute atomic E-state index is 0.0119. The molecule has 6 heterocycles. The molecule has 5 aliphatic heterocycles. The third-order valence-corrected chi connectivity index (χ3v) is 23.8. The summed E-state index contributed by atoms with van der Waals surface area (Å²) < 4.78 is 120. The van der Waals surface area contributed by atoms with Crippen molar-refractivity contribution in [2.24, 2.45) is 9.98 Å². The van der Waals surface area contributed by atoms with Crippen LogP contribution in [0.3, 0.4) is 0 Å². The zero-order chi connectivity index (χ0) is 87.3. The average Bonchev–Trinajstić information content (AvgIpc) is 1.68. The first-order chi connectivity index (χ1) is 59.0. The molecule has 7 atom stereocenters. The zero-order valence-corrected chi connectivity index (χ0v) is 70.4. The fourth-order valence-corrected chi connectivity index (χ4v) is 16.9. The lowest BCUT2D eigenvalue weighted by molar-refractivity contribution is -0.916. The number of fused-ring (bicyclic) bond motifs is 4. The molecule has 3 saturated heterocycles. The van der Waals surface area contributed by atoms with Crippen molar-refractivity contribution in [3.63, 3.8) is 0 Å². The van der Waals surface area contributed by atoms with Crippen molar-refractivity contribution >= 4 is 73.2 Å². The standard InChI is InChI=1S/C89H99N8O24S2/c1-55-12-23-69(24-13-55)122(107,108)33-26-76(101)63-18-16-62(17-19-63)74(99)10-8-29-114-31-32-115-54-65-48-94(93-92-65)27-30-113-28-9-11-75(100)64-20-25-77(118-89-86(104)85(103)84(102)83(51-98)119-89)82(39-64)121-123(109,110)120-68-21-14-58(15-22-68)49-97(4,5)50-59-36-60(52-116-80-42-72-70(40-78(80)111-6)87(105)95-46-56(2)34-66(95)44-90-72)38-61(37-59)53-117-81-43-73-71(41-79(81)112-7)88(106)96-47-57(3)35-67(96)45-91-73/h12-25,36-45,48,66-67,83-86,89,98,102-104H,2-3,8-11,26-35,46-47,49-54H2,1,4-7H3/q+1/t66-,67-,83+,84-,85-,86+,89?/m0/s1. The van der Waals surface area contributed by atoms with Gasteiger partial charge in [-0.15, -0.1) is 13.5 Å². The number of hydrogen-bond donors (Lipinski definition) is 4. The van der Waals surface area contributed by atoms with Crippen LogP contribution in [-0.4, -0.2) is 238 Å². The average molecular weight is 1730 g/mol. The van der Waals surface area contributed by atoms with Crippen molar-refractivity contribution in [1.82, 2.24) is 24.8 Å². The quantitative estimate of drug-likeness (QED) is 0.0120. The van der Waals surface area contributed by atoms with Crippen LogP contribution in [0.5, 0.6) is 40.2 Å². The lowest BCUT2D eigenvalue weighted by atomic mass is 9.99. The van der Waals surface area contributed by atoms with E-state index in [1.165, 1.54) is 62.8 Å². The molecule has 0 aliphatic carbocycles. The highest BCUT2D eigenvalue weighted by Crippen LogP contribution is 2.42. The Balaban J connectivity index is 0.592. The minimum atomic E-state index is -5.07. The number of aliphatic hydroxyl groups is 4. The van der Waals surface area contributed by atoms with Gasteiger partial charge in [-0.3, -0.25) is 34.0 Å². The number of sulfone groups is 1. The Morgan fingerprint density at radius 1 is 0.561 bits per heavy atom. The molecule has 0 bridgehead atoms. The summed E-state index contributed by atoms with van der Waals surface area (Å²) in [4.78, 5) is 80.1. The number of benzene rings is 7. The van der Waals surface area contributed by atoms with Gasteiger partial charge in [-0.25, -0.2) is 13.1 Å². The number of carbonyl (C=O) groups is 5. The summed E-state index contributed by atoms with van der Waals surface area (Å²) in [7, 11) is -1.65. The summed E-state index contributed by atoms with van der Waals surface area (Å²) in [6, 6.07) is 34.8. The van der Waals surface area contributed by atoms with Crippen LogP contribution in [0.2, 0.25) is 0 Å². The first-order valence-corrected chi connectivity index (χ1v) is 43.1. The van der Waals surface area contributed by atoms with E-state index in [1.54, 1.807) is 93.8 Å². The third-order valence-electron chi connectivity index (χ3n) is 21.3. The molecule has 7 aromatic carbocycles. The normalized spacial score (nSPS) is 18.8. The summed E-state index contributed by atoms with van der Waals surface area (Å²) in [5.41, 5.74) is 8.95. The fourth-order valence-electron chi connectivity index (χ4n) is 14.9. The number of amides is 2. The lowest BCUT2D eigenvalue weighted by Gasteiger charge is -2.39. The van der Waals surface area contributed by atoms with Crippen molar-refractivity contribution < 1.29 is 117 Å². The van der Waals surface area contributed by atoms with Crippen LogP contribution in [0.25, 0.3) is 0 Å². The summed E-state index contributed by atoms with van der Waals surface area (Å²) in [5, 5.41) is 50.1. The van der Waals surface area contributed by atoms with Crippen molar-refractivity contribution in [3.8, 4) is 40.2 Å². The summed E-state index contributed by atoms with van der Waals surface area (Å²) >= 11 is 0. The van der Waals surface area contributed by atoms with Gasteiger partial charge in [0.2, 0.25) is 6.29 Å². The summed E-state index contributed by atoms with van der Waals surface area (Å²) in [6.45, 7) is 12.7. The van der Waals surface area contributed by atoms with Crippen LogP contribution in [-0.2, 0) is 78.6 Å². The van der Waals surface area contributed by atoms with E-state index < -0.39 is 74.8 Å². The SMILES string of the molecule is C=C1C[C@H]2C=Nc3cc(OCc4cc(COc5cc6c(cc5OC)C(=O)N5CC(=C)C[C@H]5C=N6)cc(C[N+](C)(C)Cc5ccc(OS(=O)(=O)Oc6cc(C(=O)CCCOCCn7cc(COCCOCCCC(=O)c8ccc(C(=O)CCS(=O)(=O)c9ccc(C)cc9)cc8)nn7)ccc6OC6O[C@H](CO)[C@H](O)[C@H](O)[C@H]6O)cc5)c4)c(OC)cc3C(=O)N2C1. The number of ether oxygens (including phenoxy) is 9. The molecule has 4 N–H and O–H groups in total. The lowest BCUT2D eigenvalue weighted by Crippen LogP contribution is -2.60. The molecule has 650 valence electrons. The van der Waals surface area contributed by atoms with Gasteiger partial charge in [0.05, 0.1) is 119 Å². The van der Waals surface area contributed by atoms with Crippen LogP contribution in [0.15, 0.2) is 179 Å². The van der Waals surface area contributed by atoms with Gasteiger partial charge in [-0.1, -0.05) is 71.5 Å². The zero-order valence-electron chi connectivity index (χ0n) is 68.8. The van der Waals surface area contributed by atoms with Gasteiger partial charge in [-0.05, 0) is 129 Å². The van der Waals surface area contributed by atoms with E-state index in [0.717, 1.165) is 45.0 Å². The number of rotatable bonds is 42. The maximum Gasteiger partial charge on any atom is 0.501 e. The second-order valence-electron chi connectivity index (χ2n) is 31.4. The molecule has 32 nitrogen and oxygen atoms in total. The van der Waals surface area contributed by atoms with Crippen LogP contribution >= 0.6 is 0 Å². The van der Waals surface area contributed by atoms with Gasteiger partial charge in [0.25, 0.3) is 11.8 Å². The number of ketones is 3. The molecular formula is C89H99N8O24S2+. The van der Waals surface area contributed by atoms with E-state index in [9.17, 15) is 61.2 Å². The summed E-state index contributed by atoms with van der Waals surface area (Å²) in [5.74, 6) is -1.31. The molecule has 13 rings (SSSR count). The van der Waals surface area contributed by atoms with Gasteiger partial charge in [-0.2, -0.15) is 0 Å². The van der Waals surface area contributed by atoms with Crippen LogP contribution in [0.1, 0.15) is 130 Å². The molecule has 5 aliphatic rings. The maximum atomic E-state index is 14.0. The van der Waals surface area contributed by atoms with Crippen molar-refractivity contribution in [2.75, 3.05) is 86.8 Å². The molecule has 123 heavy (non-hydrogen) atoms.